The highest BCUT2D eigenvalue weighted by atomic mass is 16.4. The lowest BCUT2D eigenvalue weighted by atomic mass is 10.0. The van der Waals surface area contributed by atoms with Crippen molar-refractivity contribution in [3.8, 4) is 0 Å². The molecule has 0 spiro atoms. The lowest BCUT2D eigenvalue weighted by molar-refractivity contribution is -0.137. The highest BCUT2D eigenvalue weighted by molar-refractivity contribution is 5.66. The molecule has 0 amide bonds. The van der Waals surface area contributed by atoms with Crippen molar-refractivity contribution in [2.24, 2.45) is 0 Å². The highest BCUT2D eigenvalue weighted by Crippen LogP contribution is 2.15. The molecule has 0 aliphatic rings. The first kappa shape index (κ1) is 30.6. The Balaban J connectivity index is 0. The number of carboxylic acids is 1. The summed E-state index contributed by atoms with van der Waals surface area (Å²) in [4.78, 5) is 10.4. The normalized spacial score (nSPS) is 10.8. The Hall–Kier alpha value is -0.570. The molecule has 0 unspecified atom stereocenters. The smallest absolute Gasteiger partial charge is 0.303 e. The van der Waals surface area contributed by atoms with E-state index in [9.17, 15) is 4.79 Å². The van der Waals surface area contributed by atoms with Gasteiger partial charge in [-0.25, -0.2) is 0 Å². The zero-order valence-electron chi connectivity index (χ0n) is 19.8. The molecule has 0 aliphatic heterocycles. The first-order valence-corrected chi connectivity index (χ1v) is 13.0. The lowest BCUT2D eigenvalue weighted by Crippen LogP contribution is -1.93. The van der Waals surface area contributed by atoms with E-state index in [1.54, 1.807) is 0 Å². The Morgan fingerprint density at radius 3 is 0.862 bits per heavy atom. The number of carbonyl (C=O) groups is 1. The predicted molar refractivity (Wildman–Crippen MR) is 128 cm³/mol. The maximum Gasteiger partial charge on any atom is 0.303 e. The van der Waals surface area contributed by atoms with Gasteiger partial charge in [0.2, 0.25) is 0 Å². The van der Waals surface area contributed by atoms with Crippen LogP contribution in [0.25, 0.3) is 0 Å². The SMILES string of the molecule is CCCCCCCCCCCCCCCCCCCCCCCCCC(=O)O.O. The average molecular weight is 415 g/mol. The fourth-order valence-corrected chi connectivity index (χ4v) is 4.06. The second kappa shape index (κ2) is 27.4. The average Bonchev–Trinajstić information content (AvgIpc) is 2.68. The van der Waals surface area contributed by atoms with Gasteiger partial charge in [0.25, 0.3) is 0 Å². The summed E-state index contributed by atoms with van der Waals surface area (Å²) in [6.07, 6.45) is 32.0. The van der Waals surface area contributed by atoms with Crippen molar-refractivity contribution < 1.29 is 15.4 Å². The lowest BCUT2D eigenvalue weighted by Gasteiger charge is -2.04. The van der Waals surface area contributed by atoms with Crippen molar-refractivity contribution in [2.75, 3.05) is 0 Å². The van der Waals surface area contributed by atoms with Gasteiger partial charge < -0.3 is 10.6 Å². The van der Waals surface area contributed by atoms with Gasteiger partial charge in [-0.3, -0.25) is 4.79 Å². The van der Waals surface area contributed by atoms with Crippen molar-refractivity contribution in [1.82, 2.24) is 0 Å². The molecule has 0 fully saturated rings. The Labute approximate surface area is 182 Å². The van der Waals surface area contributed by atoms with Crippen LogP contribution in [0.5, 0.6) is 0 Å². The summed E-state index contributed by atoms with van der Waals surface area (Å²) in [5, 5.41) is 8.59. The summed E-state index contributed by atoms with van der Waals surface area (Å²) in [6, 6.07) is 0. The summed E-state index contributed by atoms with van der Waals surface area (Å²) in [7, 11) is 0. The minimum Gasteiger partial charge on any atom is -0.481 e. The highest BCUT2D eigenvalue weighted by Gasteiger charge is 1.97. The van der Waals surface area contributed by atoms with Crippen LogP contribution in [0.4, 0.5) is 0 Å². The summed E-state index contributed by atoms with van der Waals surface area (Å²) in [6.45, 7) is 2.29. The summed E-state index contributed by atoms with van der Waals surface area (Å²) in [5.41, 5.74) is 0. The van der Waals surface area contributed by atoms with Crippen LogP contribution >= 0.6 is 0 Å². The molecule has 0 aromatic heterocycles. The molecule has 0 aromatic rings. The van der Waals surface area contributed by atoms with Gasteiger partial charge >= 0.3 is 5.97 Å². The van der Waals surface area contributed by atoms with E-state index in [1.807, 2.05) is 0 Å². The predicted octanol–water partition coefficient (Wildman–Crippen LogP) is 8.63. The van der Waals surface area contributed by atoms with Gasteiger partial charge in [0.1, 0.15) is 0 Å². The molecular weight excluding hydrogens is 360 g/mol. The molecule has 0 rings (SSSR count). The van der Waals surface area contributed by atoms with E-state index in [4.69, 9.17) is 5.11 Å². The third-order valence-electron chi connectivity index (χ3n) is 5.99. The van der Waals surface area contributed by atoms with Gasteiger partial charge in [0.05, 0.1) is 0 Å². The first-order chi connectivity index (χ1) is 13.8. The van der Waals surface area contributed by atoms with Crippen LogP contribution in [0, 0.1) is 0 Å². The largest absolute Gasteiger partial charge is 0.481 e. The number of carboxylic acid groups (broad SMARTS) is 1. The van der Waals surface area contributed by atoms with Crippen molar-refractivity contribution >= 4 is 5.97 Å². The minimum atomic E-state index is -0.650. The van der Waals surface area contributed by atoms with Gasteiger partial charge in [-0.15, -0.1) is 0 Å². The van der Waals surface area contributed by atoms with Gasteiger partial charge in [0.15, 0.2) is 0 Å². The molecule has 0 heterocycles. The van der Waals surface area contributed by atoms with Crippen molar-refractivity contribution in [3.63, 3.8) is 0 Å². The molecule has 0 radical (unpaired) electrons. The minimum absolute atomic E-state index is 0. The van der Waals surface area contributed by atoms with Crippen molar-refractivity contribution in [3.05, 3.63) is 0 Å². The second-order valence-corrected chi connectivity index (χ2v) is 8.92. The van der Waals surface area contributed by atoms with Crippen molar-refractivity contribution in [2.45, 2.75) is 161 Å². The van der Waals surface area contributed by atoms with E-state index in [2.05, 4.69) is 6.92 Å². The van der Waals surface area contributed by atoms with Gasteiger partial charge in [-0.2, -0.15) is 0 Å². The summed E-state index contributed by atoms with van der Waals surface area (Å²) < 4.78 is 0. The molecular formula is C26H54O3. The van der Waals surface area contributed by atoms with Crippen molar-refractivity contribution in [1.29, 1.82) is 0 Å². The molecule has 0 saturated carbocycles. The summed E-state index contributed by atoms with van der Waals surface area (Å²) in [5.74, 6) is -0.650. The van der Waals surface area contributed by atoms with Crippen LogP contribution in [-0.2, 0) is 4.79 Å². The molecule has 0 aromatic carbocycles. The quantitative estimate of drug-likeness (QED) is 0.161. The van der Waals surface area contributed by atoms with E-state index in [0.29, 0.717) is 6.42 Å². The maximum absolute atomic E-state index is 10.4. The first-order valence-electron chi connectivity index (χ1n) is 13.0. The molecule has 3 N–H and O–H groups in total. The number of hydrogen-bond acceptors (Lipinski definition) is 1. The molecule has 0 aliphatic carbocycles. The van der Waals surface area contributed by atoms with Gasteiger partial charge in [-0.05, 0) is 6.42 Å². The monoisotopic (exact) mass is 414 g/mol. The molecule has 29 heavy (non-hydrogen) atoms. The molecule has 0 saturated heterocycles. The molecule has 0 atom stereocenters. The summed E-state index contributed by atoms with van der Waals surface area (Å²) >= 11 is 0. The second-order valence-electron chi connectivity index (χ2n) is 8.92. The number of aliphatic carboxylic acids is 1. The zero-order chi connectivity index (χ0) is 20.5. The topological polar surface area (TPSA) is 68.8 Å². The van der Waals surface area contributed by atoms with Gasteiger partial charge in [0, 0.05) is 6.42 Å². The van der Waals surface area contributed by atoms with Crippen LogP contribution in [0.15, 0.2) is 0 Å². The van der Waals surface area contributed by atoms with E-state index in [0.717, 1.165) is 12.8 Å². The van der Waals surface area contributed by atoms with E-state index in [-0.39, 0.29) is 5.48 Å². The standard InChI is InChI=1S/C26H52O2.H2O/c1-2-3-4-5-6-7-8-9-10-11-12-13-14-15-16-17-18-19-20-21-22-23-24-25-26(27)28;/h2-25H2,1H3,(H,27,28);1H2. The van der Waals surface area contributed by atoms with Gasteiger partial charge in [-0.1, -0.05) is 148 Å². The Kier molecular flexibility index (Phi) is 29.0. The molecule has 3 heteroatoms. The Bertz CT molecular complexity index is 304. The molecule has 0 bridgehead atoms. The van der Waals surface area contributed by atoms with E-state index >= 15 is 0 Å². The maximum atomic E-state index is 10.4. The molecule has 3 nitrogen and oxygen atoms in total. The number of rotatable bonds is 24. The number of hydrogen-bond donors (Lipinski definition) is 1. The Morgan fingerprint density at radius 2 is 0.655 bits per heavy atom. The van der Waals surface area contributed by atoms with E-state index in [1.165, 1.54) is 135 Å². The molecule has 176 valence electrons. The fraction of sp³-hybridized carbons (Fsp3) is 0.962. The third-order valence-corrected chi connectivity index (χ3v) is 5.99. The van der Waals surface area contributed by atoms with Crippen LogP contribution in [0.2, 0.25) is 0 Å². The number of unbranched alkanes of at least 4 members (excludes halogenated alkanes) is 22. The van der Waals surface area contributed by atoms with E-state index < -0.39 is 5.97 Å². The van der Waals surface area contributed by atoms with Crippen LogP contribution in [-0.4, -0.2) is 16.6 Å². The Morgan fingerprint density at radius 1 is 0.448 bits per heavy atom. The van der Waals surface area contributed by atoms with Crippen LogP contribution in [0.3, 0.4) is 0 Å². The zero-order valence-corrected chi connectivity index (χ0v) is 19.8. The van der Waals surface area contributed by atoms with Crippen LogP contribution < -0.4 is 0 Å². The van der Waals surface area contributed by atoms with Crippen LogP contribution in [0.1, 0.15) is 161 Å². The third kappa shape index (κ3) is 29.7. The fourth-order valence-electron chi connectivity index (χ4n) is 4.06.